The summed E-state index contributed by atoms with van der Waals surface area (Å²) in [6, 6.07) is 0. The number of nitrogen functional groups attached to an aromatic ring is 1. The Kier molecular flexibility index (Phi) is 2.46. The number of nitrogens with zero attached hydrogens (tertiary/aromatic N) is 4. The first kappa shape index (κ1) is 10.5. The summed E-state index contributed by atoms with van der Waals surface area (Å²) in [5, 5.41) is 8.44. The van der Waals surface area contributed by atoms with Crippen LogP contribution in [0.2, 0.25) is 0 Å². The third-order valence-electron chi connectivity index (χ3n) is 3.76. The van der Waals surface area contributed by atoms with Gasteiger partial charge in [-0.2, -0.15) is 0 Å². The van der Waals surface area contributed by atoms with Gasteiger partial charge in [-0.1, -0.05) is 19.8 Å². The van der Waals surface area contributed by atoms with E-state index in [4.69, 9.17) is 5.73 Å². The smallest absolute Gasteiger partial charge is 0.203 e. The van der Waals surface area contributed by atoms with E-state index in [0.29, 0.717) is 17.4 Å². The van der Waals surface area contributed by atoms with E-state index in [2.05, 4.69) is 22.1 Å². The van der Waals surface area contributed by atoms with Crippen LogP contribution in [-0.4, -0.2) is 19.6 Å². The molecule has 2 aromatic rings. The molecule has 1 aliphatic carbocycles. The number of aromatic nitrogens is 4. The fourth-order valence-corrected chi connectivity index (χ4v) is 2.66. The maximum atomic E-state index is 5.79. The zero-order chi connectivity index (χ0) is 11.8. The van der Waals surface area contributed by atoms with Crippen LogP contribution in [0.1, 0.15) is 44.3 Å². The van der Waals surface area contributed by atoms with Gasteiger partial charge in [0.25, 0.3) is 0 Å². The third-order valence-corrected chi connectivity index (χ3v) is 3.76. The second-order valence-corrected chi connectivity index (χ2v) is 5.02. The Balaban J connectivity index is 1.98. The highest BCUT2D eigenvalue weighted by atomic mass is 15.3. The summed E-state index contributed by atoms with van der Waals surface area (Å²) < 4.78 is 1.99. The van der Waals surface area contributed by atoms with E-state index >= 15 is 0 Å². The molecule has 17 heavy (non-hydrogen) atoms. The minimum atomic E-state index is 0.454. The number of hydrogen-bond acceptors (Lipinski definition) is 4. The Labute approximate surface area is 100 Å². The highest BCUT2D eigenvalue weighted by molar-refractivity contribution is 5.58. The molecule has 90 valence electrons. The van der Waals surface area contributed by atoms with Gasteiger partial charge in [-0.3, -0.25) is 4.40 Å². The van der Waals surface area contributed by atoms with Crippen molar-refractivity contribution in [1.29, 1.82) is 0 Å². The van der Waals surface area contributed by atoms with Gasteiger partial charge in [0, 0.05) is 18.3 Å². The molecule has 1 aliphatic rings. The average Bonchev–Trinajstić information content (AvgIpc) is 2.75. The molecular formula is C12H17N5. The summed E-state index contributed by atoms with van der Waals surface area (Å²) in [6.45, 7) is 2.32. The van der Waals surface area contributed by atoms with Crippen molar-refractivity contribution in [2.75, 3.05) is 5.73 Å². The second kappa shape index (κ2) is 3.98. The first-order valence-corrected chi connectivity index (χ1v) is 6.21. The molecular weight excluding hydrogens is 214 g/mol. The molecule has 1 fully saturated rings. The van der Waals surface area contributed by atoms with Gasteiger partial charge in [0.15, 0.2) is 5.82 Å². The van der Waals surface area contributed by atoms with Crippen LogP contribution >= 0.6 is 0 Å². The zero-order valence-corrected chi connectivity index (χ0v) is 10.0. The summed E-state index contributed by atoms with van der Waals surface area (Å²) in [6.07, 6.45) is 8.56. The highest BCUT2D eigenvalue weighted by Crippen LogP contribution is 2.34. The average molecular weight is 231 g/mol. The van der Waals surface area contributed by atoms with E-state index in [1.807, 2.05) is 10.6 Å². The summed E-state index contributed by atoms with van der Waals surface area (Å²) in [4.78, 5) is 4.03. The van der Waals surface area contributed by atoms with E-state index in [9.17, 15) is 0 Å². The van der Waals surface area contributed by atoms with E-state index in [1.54, 1.807) is 6.20 Å². The SMILES string of the molecule is CC1CCC(c2nnc3c(N)nccn23)CC1. The molecule has 0 aliphatic heterocycles. The lowest BCUT2D eigenvalue weighted by atomic mass is 9.82. The lowest BCUT2D eigenvalue weighted by molar-refractivity contribution is 0.338. The molecule has 2 N–H and O–H groups in total. The van der Waals surface area contributed by atoms with Crippen molar-refractivity contribution >= 4 is 11.5 Å². The Morgan fingerprint density at radius 1 is 1.24 bits per heavy atom. The highest BCUT2D eigenvalue weighted by Gasteiger charge is 2.24. The number of hydrogen-bond donors (Lipinski definition) is 1. The van der Waals surface area contributed by atoms with Crippen molar-refractivity contribution in [1.82, 2.24) is 19.6 Å². The standard InChI is InChI=1S/C12H17N5/c1-8-2-4-9(5-3-8)11-15-16-12-10(13)14-6-7-17(11)12/h6-9H,2-5H2,1H3,(H2,13,14). The van der Waals surface area contributed by atoms with Crippen molar-refractivity contribution in [3.05, 3.63) is 18.2 Å². The van der Waals surface area contributed by atoms with E-state index < -0.39 is 0 Å². The van der Waals surface area contributed by atoms with Gasteiger partial charge >= 0.3 is 0 Å². The molecule has 2 aromatic heterocycles. The lowest BCUT2D eigenvalue weighted by Gasteiger charge is -2.24. The summed E-state index contributed by atoms with van der Waals surface area (Å²) in [5.41, 5.74) is 6.47. The molecule has 5 heteroatoms. The lowest BCUT2D eigenvalue weighted by Crippen LogP contribution is -2.13. The van der Waals surface area contributed by atoms with Crippen LogP contribution in [0.3, 0.4) is 0 Å². The van der Waals surface area contributed by atoms with Gasteiger partial charge < -0.3 is 5.73 Å². The van der Waals surface area contributed by atoms with E-state index in [1.165, 1.54) is 25.7 Å². The Morgan fingerprint density at radius 2 is 2.00 bits per heavy atom. The van der Waals surface area contributed by atoms with Gasteiger partial charge in [-0.15, -0.1) is 10.2 Å². The Morgan fingerprint density at radius 3 is 2.76 bits per heavy atom. The predicted molar refractivity (Wildman–Crippen MR) is 65.6 cm³/mol. The molecule has 0 atom stereocenters. The molecule has 1 saturated carbocycles. The van der Waals surface area contributed by atoms with Crippen molar-refractivity contribution in [2.24, 2.45) is 5.92 Å². The van der Waals surface area contributed by atoms with Crippen molar-refractivity contribution in [2.45, 2.75) is 38.5 Å². The number of rotatable bonds is 1. The Bertz CT molecular complexity index is 525. The normalized spacial score (nSPS) is 25.2. The second-order valence-electron chi connectivity index (χ2n) is 5.02. The van der Waals surface area contributed by atoms with E-state index in [-0.39, 0.29) is 0 Å². The van der Waals surface area contributed by atoms with Crippen LogP contribution in [0.15, 0.2) is 12.4 Å². The van der Waals surface area contributed by atoms with Crippen LogP contribution < -0.4 is 5.73 Å². The minimum absolute atomic E-state index is 0.454. The fourth-order valence-electron chi connectivity index (χ4n) is 2.66. The van der Waals surface area contributed by atoms with Gasteiger partial charge in [0.1, 0.15) is 5.82 Å². The predicted octanol–water partition coefficient (Wildman–Crippen LogP) is 2.00. The molecule has 0 saturated heterocycles. The Hall–Kier alpha value is -1.65. The fraction of sp³-hybridized carbons (Fsp3) is 0.583. The largest absolute Gasteiger partial charge is 0.381 e. The first-order chi connectivity index (χ1) is 8.25. The van der Waals surface area contributed by atoms with Crippen LogP contribution in [0.5, 0.6) is 0 Å². The molecule has 0 amide bonds. The van der Waals surface area contributed by atoms with Gasteiger partial charge in [-0.25, -0.2) is 4.98 Å². The summed E-state index contributed by atoms with van der Waals surface area (Å²) in [7, 11) is 0. The molecule has 2 heterocycles. The van der Waals surface area contributed by atoms with Crippen molar-refractivity contribution < 1.29 is 0 Å². The number of anilines is 1. The molecule has 0 bridgehead atoms. The molecule has 3 rings (SSSR count). The maximum absolute atomic E-state index is 5.79. The van der Waals surface area contributed by atoms with E-state index in [0.717, 1.165) is 11.7 Å². The molecule has 0 aromatic carbocycles. The topological polar surface area (TPSA) is 69.1 Å². The monoisotopic (exact) mass is 231 g/mol. The number of fused-ring (bicyclic) bond motifs is 1. The maximum Gasteiger partial charge on any atom is 0.203 e. The van der Waals surface area contributed by atoms with Crippen LogP contribution in [-0.2, 0) is 0 Å². The molecule has 5 nitrogen and oxygen atoms in total. The quantitative estimate of drug-likeness (QED) is 0.815. The van der Waals surface area contributed by atoms with Crippen LogP contribution in [0, 0.1) is 5.92 Å². The number of nitrogens with two attached hydrogens (primary N) is 1. The third kappa shape index (κ3) is 1.75. The summed E-state index contributed by atoms with van der Waals surface area (Å²) >= 11 is 0. The molecule has 0 spiro atoms. The van der Waals surface area contributed by atoms with Crippen LogP contribution in [0.25, 0.3) is 5.65 Å². The first-order valence-electron chi connectivity index (χ1n) is 6.21. The molecule has 0 radical (unpaired) electrons. The molecule has 0 unspecified atom stereocenters. The van der Waals surface area contributed by atoms with Gasteiger partial charge in [-0.05, 0) is 18.8 Å². The minimum Gasteiger partial charge on any atom is -0.381 e. The van der Waals surface area contributed by atoms with Crippen molar-refractivity contribution in [3.8, 4) is 0 Å². The zero-order valence-electron chi connectivity index (χ0n) is 10.0. The van der Waals surface area contributed by atoms with Gasteiger partial charge in [0.05, 0.1) is 0 Å². The van der Waals surface area contributed by atoms with Gasteiger partial charge in [0.2, 0.25) is 5.65 Å². The van der Waals surface area contributed by atoms with Crippen LogP contribution in [0.4, 0.5) is 5.82 Å². The summed E-state index contributed by atoms with van der Waals surface area (Å²) in [5.74, 6) is 2.86. The van der Waals surface area contributed by atoms with Crippen molar-refractivity contribution in [3.63, 3.8) is 0 Å².